The van der Waals surface area contributed by atoms with Crippen molar-refractivity contribution in [1.82, 2.24) is 19.6 Å². The fraction of sp³-hybridized carbons (Fsp3) is 0.375. The van der Waals surface area contributed by atoms with Crippen molar-refractivity contribution < 1.29 is 14.0 Å². The summed E-state index contributed by atoms with van der Waals surface area (Å²) in [6.45, 7) is 1.97. The zero-order chi connectivity index (χ0) is 21.8. The van der Waals surface area contributed by atoms with Crippen LogP contribution in [0.15, 0.2) is 48.7 Å². The van der Waals surface area contributed by atoms with Gasteiger partial charge in [0.15, 0.2) is 0 Å². The van der Waals surface area contributed by atoms with E-state index in [1.54, 1.807) is 38.9 Å². The molecule has 1 aliphatic carbocycles. The Morgan fingerprint density at radius 2 is 1.91 bits per heavy atom. The molecule has 164 valence electrons. The largest absolute Gasteiger partial charge is 0.338 e. The number of fused-ring (bicyclic) bond motifs is 3. The molecular weight excluding hydrogens is 409 g/mol. The van der Waals surface area contributed by atoms with E-state index in [-0.39, 0.29) is 24.3 Å². The van der Waals surface area contributed by atoms with Crippen LogP contribution in [0.2, 0.25) is 0 Å². The lowest BCUT2D eigenvalue weighted by Crippen LogP contribution is -2.45. The average Bonchev–Trinajstić information content (AvgIpc) is 3.59. The number of hydrogen-bond acceptors (Lipinski definition) is 3. The van der Waals surface area contributed by atoms with Crippen LogP contribution in [-0.2, 0) is 4.79 Å². The van der Waals surface area contributed by atoms with Crippen molar-refractivity contribution in [2.24, 2.45) is 5.92 Å². The Balaban J connectivity index is 1.25. The fourth-order valence-electron chi connectivity index (χ4n) is 5.52. The van der Waals surface area contributed by atoms with E-state index in [1.165, 1.54) is 12.5 Å². The Bertz CT molecular complexity index is 1220. The van der Waals surface area contributed by atoms with E-state index in [1.807, 2.05) is 23.1 Å². The third-order valence-corrected chi connectivity index (χ3v) is 7.11. The summed E-state index contributed by atoms with van der Waals surface area (Å²) in [5, 5.41) is 5.16. The van der Waals surface area contributed by atoms with E-state index in [9.17, 15) is 14.0 Å². The van der Waals surface area contributed by atoms with E-state index < -0.39 is 0 Å². The lowest BCUT2D eigenvalue weighted by atomic mass is 10.1. The molecule has 8 heteroatoms. The minimum absolute atomic E-state index is 0.0537. The summed E-state index contributed by atoms with van der Waals surface area (Å²) in [5.74, 6) is 0.330. The van der Waals surface area contributed by atoms with Gasteiger partial charge in [0.2, 0.25) is 5.91 Å². The SMILES string of the molecule is O=C1N(CC(=O)N2CC3CCC2C3)CCN1c1cccc2c1cnn2-c1ccccc1F. The van der Waals surface area contributed by atoms with Crippen LogP contribution < -0.4 is 4.90 Å². The number of hydrogen-bond donors (Lipinski definition) is 0. The van der Waals surface area contributed by atoms with Gasteiger partial charge in [-0.1, -0.05) is 18.2 Å². The van der Waals surface area contributed by atoms with Crippen molar-refractivity contribution in [3.8, 4) is 5.69 Å². The summed E-state index contributed by atoms with van der Waals surface area (Å²) in [6, 6.07) is 12.3. The van der Waals surface area contributed by atoms with Gasteiger partial charge in [-0.3, -0.25) is 9.69 Å². The first-order valence-corrected chi connectivity index (χ1v) is 11.2. The molecule has 0 spiro atoms. The third-order valence-electron chi connectivity index (χ3n) is 7.11. The van der Waals surface area contributed by atoms with Gasteiger partial charge in [-0.25, -0.2) is 13.9 Å². The minimum Gasteiger partial charge on any atom is -0.338 e. The number of piperidine rings is 1. The van der Waals surface area contributed by atoms with Crippen molar-refractivity contribution in [3.63, 3.8) is 0 Å². The monoisotopic (exact) mass is 433 g/mol. The van der Waals surface area contributed by atoms with Crippen LogP contribution >= 0.6 is 0 Å². The van der Waals surface area contributed by atoms with Crippen LogP contribution in [0.3, 0.4) is 0 Å². The highest BCUT2D eigenvalue weighted by Gasteiger charge is 2.41. The first-order valence-electron chi connectivity index (χ1n) is 11.2. The van der Waals surface area contributed by atoms with E-state index in [2.05, 4.69) is 5.10 Å². The molecule has 3 fully saturated rings. The van der Waals surface area contributed by atoms with E-state index >= 15 is 0 Å². The maximum absolute atomic E-state index is 14.3. The molecule has 0 radical (unpaired) electrons. The molecule has 2 aromatic carbocycles. The van der Waals surface area contributed by atoms with Crippen LogP contribution in [0.5, 0.6) is 0 Å². The van der Waals surface area contributed by atoms with Gasteiger partial charge in [0.1, 0.15) is 18.0 Å². The lowest BCUT2D eigenvalue weighted by molar-refractivity contribution is -0.133. The molecule has 6 rings (SSSR count). The smallest absolute Gasteiger partial charge is 0.325 e. The summed E-state index contributed by atoms with van der Waals surface area (Å²) >= 11 is 0. The molecular formula is C24H24FN5O2. The predicted octanol–water partition coefficient (Wildman–Crippen LogP) is 3.42. The molecule has 2 aliphatic heterocycles. The van der Waals surface area contributed by atoms with E-state index in [0.29, 0.717) is 30.7 Å². The molecule has 2 saturated heterocycles. The zero-order valence-electron chi connectivity index (χ0n) is 17.7. The van der Waals surface area contributed by atoms with Gasteiger partial charge in [0.05, 0.1) is 17.4 Å². The summed E-state index contributed by atoms with van der Waals surface area (Å²) in [7, 11) is 0. The Kier molecular flexibility index (Phi) is 4.41. The highest BCUT2D eigenvalue weighted by molar-refractivity contribution is 6.04. The summed E-state index contributed by atoms with van der Waals surface area (Å²) in [6.07, 6.45) is 5.08. The van der Waals surface area contributed by atoms with Crippen molar-refractivity contribution in [3.05, 3.63) is 54.5 Å². The summed E-state index contributed by atoms with van der Waals surface area (Å²) in [5.41, 5.74) is 1.81. The highest BCUT2D eigenvalue weighted by Crippen LogP contribution is 2.37. The Hall–Kier alpha value is -3.42. The molecule has 1 saturated carbocycles. The molecule has 3 aliphatic rings. The summed E-state index contributed by atoms with van der Waals surface area (Å²) in [4.78, 5) is 31.3. The number of nitrogens with zero attached hydrogens (tertiary/aromatic N) is 5. The Labute approximate surface area is 185 Å². The molecule has 3 heterocycles. The number of likely N-dealkylation sites (tertiary alicyclic amines) is 1. The minimum atomic E-state index is -0.361. The second-order valence-corrected chi connectivity index (χ2v) is 8.95. The standard InChI is InChI=1S/C24H24FN5O2/c25-19-4-1-2-5-22(19)30-21-7-3-6-20(18(21)13-26-30)28-11-10-27(24(28)32)15-23(31)29-14-16-8-9-17(29)12-16/h1-7,13,16-17H,8-12,14-15H2. The topological polar surface area (TPSA) is 61.7 Å². The number of benzene rings is 2. The van der Waals surface area contributed by atoms with Gasteiger partial charge in [0.25, 0.3) is 0 Å². The second kappa shape index (κ2) is 7.32. The van der Waals surface area contributed by atoms with Gasteiger partial charge >= 0.3 is 6.03 Å². The van der Waals surface area contributed by atoms with Gasteiger partial charge in [-0.05, 0) is 49.4 Å². The lowest BCUT2D eigenvalue weighted by Gasteiger charge is -2.29. The van der Waals surface area contributed by atoms with Gasteiger partial charge in [0, 0.05) is 31.1 Å². The van der Waals surface area contributed by atoms with Crippen LogP contribution in [0.1, 0.15) is 19.3 Å². The number of anilines is 1. The van der Waals surface area contributed by atoms with Gasteiger partial charge in [-0.2, -0.15) is 5.10 Å². The first-order chi connectivity index (χ1) is 15.6. The highest BCUT2D eigenvalue weighted by atomic mass is 19.1. The van der Waals surface area contributed by atoms with Crippen molar-refractivity contribution in [2.75, 3.05) is 31.1 Å². The molecule has 2 atom stereocenters. The molecule has 2 bridgehead atoms. The average molecular weight is 433 g/mol. The Morgan fingerprint density at radius 1 is 1.06 bits per heavy atom. The first kappa shape index (κ1) is 19.3. The number of amides is 3. The number of carbonyl (C=O) groups excluding carboxylic acids is 2. The van der Waals surface area contributed by atoms with Crippen LogP contribution in [0.4, 0.5) is 14.9 Å². The number of carbonyl (C=O) groups is 2. The molecule has 32 heavy (non-hydrogen) atoms. The zero-order valence-corrected chi connectivity index (χ0v) is 17.7. The molecule has 3 amide bonds. The quantitative estimate of drug-likeness (QED) is 0.634. The molecule has 7 nitrogen and oxygen atoms in total. The second-order valence-electron chi connectivity index (χ2n) is 8.95. The fourth-order valence-corrected chi connectivity index (χ4v) is 5.52. The van der Waals surface area contributed by atoms with Crippen molar-refractivity contribution >= 4 is 28.5 Å². The maximum Gasteiger partial charge on any atom is 0.325 e. The van der Waals surface area contributed by atoms with Gasteiger partial charge < -0.3 is 9.80 Å². The summed E-state index contributed by atoms with van der Waals surface area (Å²) < 4.78 is 15.9. The number of aromatic nitrogens is 2. The van der Waals surface area contributed by atoms with Crippen molar-refractivity contribution in [1.29, 1.82) is 0 Å². The normalized spacial score (nSPS) is 22.5. The van der Waals surface area contributed by atoms with Crippen LogP contribution in [0, 0.1) is 11.7 Å². The number of urea groups is 1. The molecule has 1 aromatic heterocycles. The molecule has 3 aromatic rings. The van der Waals surface area contributed by atoms with Gasteiger partial charge in [-0.15, -0.1) is 0 Å². The third kappa shape index (κ3) is 2.97. The Morgan fingerprint density at radius 3 is 2.69 bits per heavy atom. The molecule has 2 unspecified atom stereocenters. The number of rotatable bonds is 4. The number of halogens is 1. The predicted molar refractivity (Wildman–Crippen MR) is 118 cm³/mol. The van der Waals surface area contributed by atoms with Crippen molar-refractivity contribution in [2.45, 2.75) is 25.3 Å². The van der Waals surface area contributed by atoms with E-state index in [0.717, 1.165) is 36.0 Å². The van der Waals surface area contributed by atoms with E-state index in [4.69, 9.17) is 0 Å². The van der Waals surface area contributed by atoms with Crippen LogP contribution in [0.25, 0.3) is 16.6 Å². The van der Waals surface area contributed by atoms with Crippen LogP contribution in [-0.4, -0.2) is 63.7 Å². The number of para-hydroxylation sites is 1. The molecule has 0 N–H and O–H groups in total. The maximum atomic E-state index is 14.3.